The first-order chi connectivity index (χ1) is 10.0. The monoisotopic (exact) mass is 303 g/mol. The standard InChI is InChI=1S/C14H20F3N3O/c1-2-5-18-9-12-10-21-7-6-20(12)13-4-3-11(8-19-13)14(15,16)17/h3-4,8,12,18H,2,5-7,9-10H2,1H3. The summed E-state index contributed by atoms with van der Waals surface area (Å²) in [5, 5.41) is 3.31. The van der Waals surface area contributed by atoms with Crippen LogP contribution in [0.4, 0.5) is 19.0 Å². The van der Waals surface area contributed by atoms with Crippen molar-refractivity contribution >= 4 is 5.82 Å². The van der Waals surface area contributed by atoms with Crippen molar-refractivity contribution in [1.82, 2.24) is 10.3 Å². The molecule has 0 bridgehead atoms. The second kappa shape index (κ2) is 7.09. The van der Waals surface area contributed by atoms with E-state index in [0.717, 1.165) is 31.8 Å². The minimum absolute atomic E-state index is 0.0922. The summed E-state index contributed by atoms with van der Waals surface area (Å²) in [4.78, 5) is 5.98. The van der Waals surface area contributed by atoms with Crippen LogP contribution in [-0.2, 0) is 10.9 Å². The largest absolute Gasteiger partial charge is 0.417 e. The van der Waals surface area contributed by atoms with Crippen LogP contribution in [0.1, 0.15) is 18.9 Å². The van der Waals surface area contributed by atoms with Gasteiger partial charge in [-0.05, 0) is 25.1 Å². The molecule has 1 aromatic rings. The number of rotatable bonds is 5. The van der Waals surface area contributed by atoms with Crippen molar-refractivity contribution in [2.24, 2.45) is 0 Å². The Balaban J connectivity index is 2.06. The summed E-state index contributed by atoms with van der Waals surface area (Å²) in [5.41, 5.74) is -0.722. The van der Waals surface area contributed by atoms with Gasteiger partial charge in [0.25, 0.3) is 0 Å². The average Bonchev–Trinajstić information content (AvgIpc) is 2.47. The first kappa shape index (κ1) is 16.0. The maximum Gasteiger partial charge on any atom is 0.417 e. The smallest absolute Gasteiger partial charge is 0.377 e. The summed E-state index contributed by atoms with van der Waals surface area (Å²) >= 11 is 0. The normalized spacial score (nSPS) is 19.8. The van der Waals surface area contributed by atoms with E-state index >= 15 is 0 Å². The van der Waals surface area contributed by atoms with Crippen LogP contribution in [0.25, 0.3) is 0 Å². The summed E-state index contributed by atoms with van der Waals surface area (Å²) in [6.45, 7) is 5.48. The van der Waals surface area contributed by atoms with Gasteiger partial charge in [0.15, 0.2) is 0 Å². The molecule has 0 aromatic carbocycles. The number of hydrogen-bond acceptors (Lipinski definition) is 4. The zero-order chi connectivity index (χ0) is 15.3. The molecule has 0 spiro atoms. The van der Waals surface area contributed by atoms with E-state index in [1.165, 1.54) is 6.07 Å². The fourth-order valence-electron chi connectivity index (χ4n) is 2.29. The summed E-state index contributed by atoms with van der Waals surface area (Å²) < 4.78 is 43.1. The van der Waals surface area contributed by atoms with E-state index in [-0.39, 0.29) is 6.04 Å². The Morgan fingerprint density at radius 1 is 1.43 bits per heavy atom. The number of anilines is 1. The lowest BCUT2D eigenvalue weighted by atomic mass is 10.2. The number of hydrogen-bond donors (Lipinski definition) is 1. The molecule has 1 aromatic heterocycles. The molecule has 1 aliphatic rings. The Morgan fingerprint density at radius 3 is 2.86 bits per heavy atom. The van der Waals surface area contributed by atoms with Gasteiger partial charge in [-0.3, -0.25) is 0 Å². The zero-order valence-corrected chi connectivity index (χ0v) is 12.0. The van der Waals surface area contributed by atoms with E-state index in [2.05, 4.69) is 17.2 Å². The number of halogens is 3. The molecular weight excluding hydrogens is 283 g/mol. The lowest BCUT2D eigenvalue weighted by molar-refractivity contribution is -0.137. The van der Waals surface area contributed by atoms with Gasteiger partial charge in [0.1, 0.15) is 5.82 Å². The van der Waals surface area contributed by atoms with E-state index in [1.54, 1.807) is 0 Å². The van der Waals surface area contributed by atoms with E-state index in [0.29, 0.717) is 25.6 Å². The minimum Gasteiger partial charge on any atom is -0.377 e. The highest BCUT2D eigenvalue weighted by molar-refractivity contribution is 5.41. The number of alkyl halides is 3. The number of nitrogens with one attached hydrogen (secondary N) is 1. The van der Waals surface area contributed by atoms with Crippen LogP contribution in [-0.4, -0.2) is 43.9 Å². The highest BCUT2D eigenvalue weighted by atomic mass is 19.4. The lowest BCUT2D eigenvalue weighted by Gasteiger charge is -2.36. The number of aromatic nitrogens is 1. The van der Waals surface area contributed by atoms with Crippen molar-refractivity contribution in [2.75, 3.05) is 37.7 Å². The van der Waals surface area contributed by atoms with E-state index < -0.39 is 11.7 Å². The molecule has 0 radical (unpaired) electrons. The Bertz CT molecular complexity index is 436. The molecule has 2 rings (SSSR count). The Morgan fingerprint density at radius 2 is 2.24 bits per heavy atom. The lowest BCUT2D eigenvalue weighted by Crippen LogP contribution is -2.51. The number of nitrogens with zero attached hydrogens (tertiary/aromatic N) is 2. The fourth-order valence-corrected chi connectivity index (χ4v) is 2.29. The first-order valence-corrected chi connectivity index (χ1v) is 7.10. The predicted molar refractivity (Wildman–Crippen MR) is 74.4 cm³/mol. The van der Waals surface area contributed by atoms with Gasteiger partial charge in [-0.1, -0.05) is 6.92 Å². The highest BCUT2D eigenvalue weighted by Gasteiger charge is 2.31. The van der Waals surface area contributed by atoms with Crippen molar-refractivity contribution in [3.8, 4) is 0 Å². The minimum atomic E-state index is -4.35. The predicted octanol–water partition coefficient (Wildman–Crippen LogP) is 2.31. The third-order valence-corrected chi connectivity index (χ3v) is 3.40. The van der Waals surface area contributed by atoms with Crippen LogP contribution >= 0.6 is 0 Å². The molecule has 1 aliphatic heterocycles. The zero-order valence-electron chi connectivity index (χ0n) is 12.0. The molecule has 1 unspecified atom stereocenters. The molecule has 21 heavy (non-hydrogen) atoms. The molecule has 0 aliphatic carbocycles. The molecule has 0 amide bonds. The molecular formula is C14H20F3N3O. The molecule has 1 atom stereocenters. The van der Waals surface area contributed by atoms with Gasteiger partial charge in [-0.25, -0.2) is 4.98 Å². The highest BCUT2D eigenvalue weighted by Crippen LogP contribution is 2.29. The van der Waals surface area contributed by atoms with Crippen LogP contribution < -0.4 is 10.2 Å². The van der Waals surface area contributed by atoms with Gasteiger partial charge in [0.05, 0.1) is 24.8 Å². The number of morpholine rings is 1. The van der Waals surface area contributed by atoms with Gasteiger partial charge in [-0.2, -0.15) is 13.2 Å². The van der Waals surface area contributed by atoms with E-state index in [9.17, 15) is 13.2 Å². The van der Waals surface area contributed by atoms with E-state index in [1.807, 2.05) is 4.90 Å². The molecule has 2 heterocycles. The number of pyridine rings is 1. The van der Waals surface area contributed by atoms with Crippen LogP contribution in [0.2, 0.25) is 0 Å². The Kier molecular flexibility index (Phi) is 5.41. The second-order valence-corrected chi connectivity index (χ2v) is 5.03. The Hall–Kier alpha value is -1.34. The SMILES string of the molecule is CCCNCC1COCCN1c1ccc(C(F)(F)F)cn1. The van der Waals surface area contributed by atoms with Crippen molar-refractivity contribution in [3.63, 3.8) is 0 Å². The van der Waals surface area contributed by atoms with Gasteiger partial charge >= 0.3 is 6.18 Å². The van der Waals surface area contributed by atoms with Gasteiger partial charge in [0, 0.05) is 19.3 Å². The molecule has 118 valence electrons. The maximum absolute atomic E-state index is 12.6. The third kappa shape index (κ3) is 4.31. The molecule has 7 heteroatoms. The molecule has 0 saturated carbocycles. The van der Waals surface area contributed by atoms with Crippen molar-refractivity contribution in [2.45, 2.75) is 25.6 Å². The van der Waals surface area contributed by atoms with Crippen molar-refractivity contribution in [3.05, 3.63) is 23.9 Å². The second-order valence-electron chi connectivity index (χ2n) is 5.03. The summed E-state index contributed by atoms with van der Waals surface area (Å²) in [5.74, 6) is 0.564. The van der Waals surface area contributed by atoms with Crippen molar-refractivity contribution in [1.29, 1.82) is 0 Å². The summed E-state index contributed by atoms with van der Waals surface area (Å²) in [6.07, 6.45) is -2.42. The average molecular weight is 303 g/mol. The molecule has 1 fully saturated rings. The van der Waals surface area contributed by atoms with Crippen LogP contribution in [0.5, 0.6) is 0 Å². The fraction of sp³-hybridized carbons (Fsp3) is 0.643. The molecule has 1 saturated heterocycles. The molecule has 4 nitrogen and oxygen atoms in total. The summed E-state index contributed by atoms with van der Waals surface area (Å²) in [7, 11) is 0. The van der Waals surface area contributed by atoms with Crippen LogP contribution in [0, 0.1) is 0 Å². The topological polar surface area (TPSA) is 37.4 Å². The molecule has 1 N–H and O–H groups in total. The summed E-state index contributed by atoms with van der Waals surface area (Å²) in [6, 6.07) is 2.60. The van der Waals surface area contributed by atoms with Gasteiger partial charge < -0.3 is 15.0 Å². The number of ether oxygens (including phenoxy) is 1. The van der Waals surface area contributed by atoms with Gasteiger partial charge in [0.2, 0.25) is 0 Å². The quantitative estimate of drug-likeness (QED) is 0.847. The van der Waals surface area contributed by atoms with Crippen molar-refractivity contribution < 1.29 is 17.9 Å². The third-order valence-electron chi connectivity index (χ3n) is 3.40. The first-order valence-electron chi connectivity index (χ1n) is 7.10. The van der Waals surface area contributed by atoms with Crippen LogP contribution in [0.15, 0.2) is 18.3 Å². The maximum atomic E-state index is 12.6. The van der Waals surface area contributed by atoms with Crippen LogP contribution in [0.3, 0.4) is 0 Å². The Labute approximate surface area is 122 Å². The van der Waals surface area contributed by atoms with Gasteiger partial charge in [-0.15, -0.1) is 0 Å². The van der Waals surface area contributed by atoms with E-state index in [4.69, 9.17) is 4.74 Å².